The molecule has 0 aliphatic carbocycles. The predicted molar refractivity (Wildman–Crippen MR) is 75.0 cm³/mol. The van der Waals surface area contributed by atoms with Crippen molar-refractivity contribution in [3.05, 3.63) is 56.4 Å². The van der Waals surface area contributed by atoms with Crippen LogP contribution in [0.3, 0.4) is 0 Å². The maximum absolute atomic E-state index is 11.5. The molecule has 7 heteroatoms. The van der Waals surface area contributed by atoms with Gasteiger partial charge in [-0.05, 0) is 6.07 Å². The van der Waals surface area contributed by atoms with Crippen LogP contribution in [-0.4, -0.2) is 22.3 Å². The summed E-state index contributed by atoms with van der Waals surface area (Å²) >= 11 is 3.37. The highest BCUT2D eigenvalue weighted by Crippen LogP contribution is 2.13. The minimum atomic E-state index is -0.307. The van der Waals surface area contributed by atoms with Crippen molar-refractivity contribution in [2.24, 2.45) is 5.10 Å². The second-order valence-electron chi connectivity index (χ2n) is 3.78. The highest BCUT2D eigenvalue weighted by Gasteiger charge is 2.03. The predicted octanol–water partition coefficient (Wildman–Crippen LogP) is 1.16. The molecule has 19 heavy (non-hydrogen) atoms. The fraction of sp³-hybridized carbons (Fsp3) is 0.0833. The molecule has 0 aliphatic rings. The standard InChI is InChI=1S/C12H11BrN4O2/c13-10-4-2-1-3-8(10)7-14-16-11(18)5-9-6-12(19)17-15-9/h1-4,6-7H,5H2,(H,16,18)(H2,15,17,19)/b14-7+. The normalized spacial score (nSPS) is 10.8. The first-order valence-electron chi connectivity index (χ1n) is 5.48. The van der Waals surface area contributed by atoms with Gasteiger partial charge in [0.1, 0.15) is 0 Å². The SMILES string of the molecule is O=C(Cc1cc(=O)[nH][nH]1)N/N=C/c1ccccc1Br. The molecule has 1 heterocycles. The number of hydrogen-bond donors (Lipinski definition) is 3. The number of carbonyl (C=O) groups is 1. The van der Waals surface area contributed by atoms with Gasteiger partial charge >= 0.3 is 0 Å². The summed E-state index contributed by atoms with van der Waals surface area (Å²) in [6.45, 7) is 0. The Kier molecular flexibility index (Phi) is 4.30. The van der Waals surface area contributed by atoms with Gasteiger partial charge in [-0.25, -0.2) is 5.43 Å². The average Bonchev–Trinajstić information content (AvgIpc) is 2.77. The zero-order valence-corrected chi connectivity index (χ0v) is 11.4. The second-order valence-corrected chi connectivity index (χ2v) is 4.63. The minimum absolute atomic E-state index is 0.0615. The summed E-state index contributed by atoms with van der Waals surface area (Å²) in [5.41, 5.74) is 3.50. The molecule has 1 aromatic carbocycles. The third kappa shape index (κ3) is 3.92. The van der Waals surface area contributed by atoms with Crippen molar-refractivity contribution in [3.8, 4) is 0 Å². The average molecular weight is 323 g/mol. The molecule has 2 rings (SSSR count). The molecule has 0 aliphatic heterocycles. The molecule has 1 aromatic heterocycles. The summed E-state index contributed by atoms with van der Waals surface area (Å²) in [6.07, 6.45) is 1.61. The zero-order chi connectivity index (χ0) is 13.7. The van der Waals surface area contributed by atoms with Crippen LogP contribution in [0.2, 0.25) is 0 Å². The molecule has 0 fully saturated rings. The first kappa shape index (κ1) is 13.3. The lowest BCUT2D eigenvalue weighted by molar-refractivity contribution is -0.120. The second kappa shape index (κ2) is 6.14. The minimum Gasteiger partial charge on any atom is -0.302 e. The topological polar surface area (TPSA) is 90.1 Å². The smallest absolute Gasteiger partial charge is 0.264 e. The van der Waals surface area contributed by atoms with Crippen molar-refractivity contribution in [2.75, 3.05) is 0 Å². The van der Waals surface area contributed by atoms with E-state index in [4.69, 9.17) is 0 Å². The number of nitrogens with one attached hydrogen (secondary N) is 3. The number of aromatic nitrogens is 2. The highest BCUT2D eigenvalue weighted by atomic mass is 79.9. The van der Waals surface area contributed by atoms with Crippen molar-refractivity contribution < 1.29 is 4.79 Å². The van der Waals surface area contributed by atoms with Gasteiger partial charge in [-0.3, -0.25) is 14.7 Å². The van der Waals surface area contributed by atoms with E-state index < -0.39 is 0 Å². The van der Waals surface area contributed by atoms with Gasteiger partial charge in [0.15, 0.2) is 0 Å². The number of benzene rings is 1. The van der Waals surface area contributed by atoms with E-state index in [1.807, 2.05) is 24.3 Å². The summed E-state index contributed by atoms with van der Waals surface area (Å²) in [5.74, 6) is -0.307. The van der Waals surface area contributed by atoms with Crippen LogP contribution in [0.4, 0.5) is 0 Å². The monoisotopic (exact) mass is 322 g/mol. The number of nitrogens with zero attached hydrogens (tertiary/aromatic N) is 1. The highest BCUT2D eigenvalue weighted by molar-refractivity contribution is 9.10. The van der Waals surface area contributed by atoms with Gasteiger partial charge < -0.3 is 5.10 Å². The van der Waals surface area contributed by atoms with Gasteiger partial charge in [-0.15, -0.1) is 0 Å². The van der Waals surface area contributed by atoms with Crippen molar-refractivity contribution in [2.45, 2.75) is 6.42 Å². The molecule has 0 radical (unpaired) electrons. The molecular weight excluding hydrogens is 312 g/mol. The van der Waals surface area contributed by atoms with Crippen LogP contribution in [0, 0.1) is 0 Å². The first-order valence-corrected chi connectivity index (χ1v) is 6.27. The molecule has 98 valence electrons. The van der Waals surface area contributed by atoms with Crippen LogP contribution in [0.15, 0.2) is 44.7 Å². The Morgan fingerprint density at radius 1 is 1.37 bits per heavy atom. The van der Waals surface area contributed by atoms with Crippen LogP contribution < -0.4 is 11.0 Å². The number of halogens is 1. The van der Waals surface area contributed by atoms with Crippen molar-refractivity contribution in [1.29, 1.82) is 0 Å². The Morgan fingerprint density at radius 2 is 2.16 bits per heavy atom. The summed E-state index contributed by atoms with van der Waals surface area (Å²) < 4.78 is 0.892. The number of aromatic amines is 2. The molecule has 0 saturated heterocycles. The summed E-state index contributed by atoms with van der Waals surface area (Å²) in [7, 11) is 0. The number of H-pyrrole nitrogens is 2. The number of rotatable bonds is 4. The molecule has 0 saturated carbocycles. The lowest BCUT2D eigenvalue weighted by atomic mass is 10.2. The quantitative estimate of drug-likeness (QED) is 0.582. The fourth-order valence-electron chi connectivity index (χ4n) is 1.43. The Morgan fingerprint density at radius 3 is 2.84 bits per heavy atom. The molecular formula is C12H11BrN4O2. The van der Waals surface area contributed by atoms with Gasteiger partial charge in [0, 0.05) is 21.8 Å². The van der Waals surface area contributed by atoms with Crippen molar-refractivity contribution >= 4 is 28.1 Å². The van der Waals surface area contributed by atoms with Crippen LogP contribution >= 0.6 is 15.9 Å². The zero-order valence-electron chi connectivity index (χ0n) is 9.81. The molecule has 0 spiro atoms. The largest absolute Gasteiger partial charge is 0.302 e. The van der Waals surface area contributed by atoms with E-state index in [9.17, 15) is 9.59 Å². The number of amides is 1. The van der Waals surface area contributed by atoms with E-state index in [1.54, 1.807) is 6.21 Å². The van der Waals surface area contributed by atoms with Crippen LogP contribution in [0.25, 0.3) is 0 Å². The Hall–Kier alpha value is -2.15. The molecule has 6 nitrogen and oxygen atoms in total. The maximum Gasteiger partial charge on any atom is 0.264 e. The van der Waals surface area contributed by atoms with Crippen LogP contribution in [0.1, 0.15) is 11.3 Å². The summed E-state index contributed by atoms with van der Waals surface area (Å²) in [4.78, 5) is 22.4. The molecule has 0 unspecified atom stereocenters. The molecule has 3 N–H and O–H groups in total. The van der Waals surface area contributed by atoms with Gasteiger partial charge in [-0.1, -0.05) is 34.1 Å². The number of carbonyl (C=O) groups excluding carboxylic acids is 1. The van der Waals surface area contributed by atoms with E-state index in [2.05, 4.69) is 36.7 Å². The third-order valence-corrected chi connectivity index (χ3v) is 3.02. The van der Waals surface area contributed by atoms with Gasteiger partial charge in [0.2, 0.25) is 5.91 Å². The van der Waals surface area contributed by atoms with E-state index in [0.29, 0.717) is 5.69 Å². The lowest BCUT2D eigenvalue weighted by Gasteiger charge is -1.98. The Balaban J connectivity index is 1.90. The van der Waals surface area contributed by atoms with Gasteiger partial charge in [0.25, 0.3) is 5.56 Å². The molecule has 1 amide bonds. The van der Waals surface area contributed by atoms with E-state index in [0.717, 1.165) is 10.0 Å². The lowest BCUT2D eigenvalue weighted by Crippen LogP contribution is -2.20. The number of hydrazone groups is 1. The van der Waals surface area contributed by atoms with E-state index >= 15 is 0 Å². The van der Waals surface area contributed by atoms with Gasteiger partial charge in [0.05, 0.1) is 12.6 Å². The van der Waals surface area contributed by atoms with Gasteiger partial charge in [-0.2, -0.15) is 5.10 Å². The van der Waals surface area contributed by atoms with E-state index in [-0.39, 0.29) is 17.9 Å². The van der Waals surface area contributed by atoms with E-state index in [1.165, 1.54) is 6.07 Å². The molecule has 2 aromatic rings. The van der Waals surface area contributed by atoms with Crippen molar-refractivity contribution in [3.63, 3.8) is 0 Å². The maximum atomic E-state index is 11.5. The van der Waals surface area contributed by atoms with Crippen LogP contribution in [-0.2, 0) is 11.2 Å². The Labute approximate surface area is 117 Å². The summed E-state index contributed by atoms with van der Waals surface area (Å²) in [6, 6.07) is 8.84. The number of hydrogen-bond acceptors (Lipinski definition) is 3. The first-order chi connectivity index (χ1) is 9.15. The fourth-order valence-corrected chi connectivity index (χ4v) is 1.82. The molecule has 0 bridgehead atoms. The molecule has 0 atom stereocenters. The third-order valence-electron chi connectivity index (χ3n) is 2.30. The summed E-state index contributed by atoms with van der Waals surface area (Å²) in [5, 5.41) is 8.80. The van der Waals surface area contributed by atoms with Crippen LogP contribution in [0.5, 0.6) is 0 Å². The Bertz CT molecular complexity index is 659. The van der Waals surface area contributed by atoms with Crippen molar-refractivity contribution in [1.82, 2.24) is 15.6 Å².